The van der Waals surface area contributed by atoms with Gasteiger partial charge in [-0.2, -0.15) is 0 Å². The van der Waals surface area contributed by atoms with Crippen LogP contribution in [0.3, 0.4) is 0 Å². The summed E-state index contributed by atoms with van der Waals surface area (Å²) in [7, 11) is 0. The Balaban J connectivity index is 1.78. The summed E-state index contributed by atoms with van der Waals surface area (Å²) in [5.74, 6) is 0. The molecule has 6 nitrogen and oxygen atoms in total. The van der Waals surface area contributed by atoms with E-state index in [0.29, 0.717) is 13.2 Å². The summed E-state index contributed by atoms with van der Waals surface area (Å²) in [6.45, 7) is 8.19. The molecule has 1 N–H and O–H groups in total. The second-order valence-electron chi connectivity index (χ2n) is 5.91. The summed E-state index contributed by atoms with van der Waals surface area (Å²) in [5, 5.41) is 10.3. The van der Waals surface area contributed by atoms with Crippen molar-refractivity contribution in [1.82, 2.24) is 0 Å². The molecule has 2 aliphatic heterocycles. The van der Waals surface area contributed by atoms with Gasteiger partial charge < -0.3 is 28.8 Å². The molecule has 2 fully saturated rings. The van der Waals surface area contributed by atoms with Crippen LogP contribution in [0.5, 0.6) is 0 Å². The van der Waals surface area contributed by atoms with Gasteiger partial charge in [0.2, 0.25) is 0 Å². The number of aliphatic hydroxyl groups is 1. The van der Waals surface area contributed by atoms with E-state index in [2.05, 4.69) is 13.2 Å². The highest BCUT2D eigenvalue weighted by Gasteiger charge is 2.50. The average molecular weight is 348 g/mol. The molecule has 6 atom stereocenters. The second kappa shape index (κ2) is 8.71. The van der Waals surface area contributed by atoms with Crippen LogP contribution in [0.15, 0.2) is 55.6 Å². The highest BCUT2D eigenvalue weighted by Crippen LogP contribution is 2.35. The zero-order chi connectivity index (χ0) is 17.6. The largest absolute Gasteiger partial charge is 0.368 e. The minimum Gasteiger partial charge on any atom is -0.368 e. The van der Waals surface area contributed by atoms with E-state index in [4.69, 9.17) is 23.7 Å². The maximum Gasteiger partial charge on any atom is 0.184 e. The van der Waals surface area contributed by atoms with Gasteiger partial charge in [-0.05, 0) is 0 Å². The fourth-order valence-electron chi connectivity index (χ4n) is 3.07. The first-order chi connectivity index (χ1) is 12.2. The number of aliphatic hydroxyl groups excluding tert-OH is 1. The number of benzene rings is 1. The normalized spacial score (nSPS) is 34.9. The average Bonchev–Trinajstić information content (AvgIpc) is 2.65. The van der Waals surface area contributed by atoms with Crippen LogP contribution in [0.2, 0.25) is 0 Å². The lowest BCUT2D eigenvalue weighted by atomic mass is 9.97. The van der Waals surface area contributed by atoms with E-state index in [1.165, 1.54) is 0 Å². The summed E-state index contributed by atoms with van der Waals surface area (Å²) in [6.07, 6.45) is -0.454. The monoisotopic (exact) mass is 348 g/mol. The van der Waals surface area contributed by atoms with E-state index in [-0.39, 0.29) is 6.61 Å². The number of fused-ring (bicyclic) bond motifs is 1. The number of ether oxygens (including phenoxy) is 5. The van der Waals surface area contributed by atoms with Gasteiger partial charge in [-0.25, -0.2) is 0 Å². The molecule has 0 aromatic heterocycles. The topological polar surface area (TPSA) is 66.4 Å². The molecule has 2 saturated heterocycles. The Morgan fingerprint density at radius 1 is 1.04 bits per heavy atom. The predicted molar refractivity (Wildman–Crippen MR) is 90.8 cm³/mol. The molecule has 0 amide bonds. The molecule has 136 valence electrons. The van der Waals surface area contributed by atoms with E-state index >= 15 is 0 Å². The summed E-state index contributed by atoms with van der Waals surface area (Å²) in [5.41, 5.74) is 0.915. The molecule has 1 aromatic carbocycles. The Kier molecular flexibility index (Phi) is 6.36. The first kappa shape index (κ1) is 18.3. The molecule has 0 aliphatic carbocycles. The molecule has 6 heteroatoms. The zero-order valence-corrected chi connectivity index (χ0v) is 14.0. The van der Waals surface area contributed by atoms with Crippen molar-refractivity contribution in [2.24, 2.45) is 0 Å². The van der Waals surface area contributed by atoms with Crippen LogP contribution in [0.25, 0.3) is 0 Å². The molecule has 25 heavy (non-hydrogen) atoms. The molecule has 0 spiro atoms. The Bertz CT molecular complexity index is 562. The van der Waals surface area contributed by atoms with Crippen LogP contribution in [0, 0.1) is 0 Å². The van der Waals surface area contributed by atoms with Crippen LogP contribution in [0.1, 0.15) is 11.9 Å². The maximum absolute atomic E-state index is 10.3. The third kappa shape index (κ3) is 4.17. The lowest BCUT2D eigenvalue weighted by Gasteiger charge is -2.47. The highest BCUT2D eigenvalue weighted by atomic mass is 16.7. The van der Waals surface area contributed by atoms with Gasteiger partial charge in [-0.3, -0.25) is 0 Å². The molecule has 0 saturated carbocycles. The first-order valence-electron chi connectivity index (χ1n) is 8.35. The third-order valence-electron chi connectivity index (χ3n) is 4.19. The maximum atomic E-state index is 10.3. The smallest absolute Gasteiger partial charge is 0.184 e. The lowest BCUT2D eigenvalue weighted by molar-refractivity contribution is -0.362. The zero-order valence-electron chi connectivity index (χ0n) is 14.0. The number of hydrogen-bond donors (Lipinski definition) is 1. The van der Waals surface area contributed by atoms with Gasteiger partial charge in [-0.1, -0.05) is 42.5 Å². The molecule has 3 rings (SSSR count). The van der Waals surface area contributed by atoms with E-state index in [9.17, 15) is 5.11 Å². The van der Waals surface area contributed by atoms with Crippen molar-refractivity contribution < 1.29 is 28.8 Å². The Labute approximate surface area is 147 Å². The third-order valence-corrected chi connectivity index (χ3v) is 4.19. The van der Waals surface area contributed by atoms with Crippen LogP contribution >= 0.6 is 0 Å². The predicted octanol–water partition coefficient (Wildman–Crippen LogP) is 1.96. The number of rotatable bonds is 7. The van der Waals surface area contributed by atoms with Gasteiger partial charge in [-0.15, -0.1) is 13.2 Å². The van der Waals surface area contributed by atoms with Crippen molar-refractivity contribution in [2.45, 2.75) is 37.0 Å². The summed E-state index contributed by atoms with van der Waals surface area (Å²) >= 11 is 0. The van der Waals surface area contributed by atoms with Gasteiger partial charge in [0, 0.05) is 5.56 Å². The van der Waals surface area contributed by atoms with Crippen LogP contribution in [-0.2, 0) is 23.7 Å². The minimum atomic E-state index is -1.13. The van der Waals surface area contributed by atoms with E-state index in [1.54, 1.807) is 12.2 Å². The minimum absolute atomic E-state index is 0.273. The van der Waals surface area contributed by atoms with Crippen molar-refractivity contribution in [3.05, 3.63) is 61.2 Å². The Morgan fingerprint density at radius 2 is 1.72 bits per heavy atom. The lowest BCUT2D eigenvalue weighted by Crippen LogP contribution is -2.63. The van der Waals surface area contributed by atoms with Crippen LogP contribution in [0.4, 0.5) is 0 Å². The summed E-state index contributed by atoms with van der Waals surface area (Å²) < 4.78 is 29.1. The van der Waals surface area contributed by atoms with Crippen LogP contribution < -0.4 is 0 Å². The quantitative estimate of drug-likeness (QED) is 0.760. The SMILES string of the molecule is C=CCO[C@@H]1[C@@H](OCC=C)[C@H](O)O[C@@H]2COC(c3ccccc3)O[C@H]12. The molecule has 2 aliphatic rings. The first-order valence-corrected chi connectivity index (χ1v) is 8.35. The molecule has 1 aromatic rings. The number of hydrogen-bond acceptors (Lipinski definition) is 6. The summed E-state index contributed by atoms with van der Waals surface area (Å²) in [4.78, 5) is 0. The fourth-order valence-corrected chi connectivity index (χ4v) is 3.07. The molecule has 1 unspecified atom stereocenters. The molecular weight excluding hydrogens is 324 g/mol. The fraction of sp³-hybridized carbons (Fsp3) is 0.474. The standard InChI is InChI=1S/C19H24O6/c1-3-10-21-16-15-14(24-18(20)17(16)22-11-4-2)12-23-19(25-15)13-8-6-5-7-9-13/h3-9,14-20H,1-2,10-12H2/t14-,15+,16+,17-,18-,19?/m1/s1. The van der Waals surface area contributed by atoms with Crippen molar-refractivity contribution in [3.63, 3.8) is 0 Å². The van der Waals surface area contributed by atoms with Crippen molar-refractivity contribution in [2.75, 3.05) is 19.8 Å². The molecule has 0 bridgehead atoms. The van der Waals surface area contributed by atoms with E-state index in [0.717, 1.165) is 5.56 Å². The van der Waals surface area contributed by atoms with Gasteiger partial charge in [0.15, 0.2) is 12.6 Å². The van der Waals surface area contributed by atoms with Crippen LogP contribution in [-0.4, -0.2) is 55.6 Å². The Hall–Kier alpha value is -1.54. The summed E-state index contributed by atoms with van der Waals surface area (Å²) in [6, 6.07) is 9.67. The Morgan fingerprint density at radius 3 is 2.40 bits per heavy atom. The van der Waals surface area contributed by atoms with Gasteiger partial charge in [0.05, 0.1) is 19.8 Å². The molecule has 2 heterocycles. The van der Waals surface area contributed by atoms with E-state index in [1.807, 2.05) is 30.3 Å². The van der Waals surface area contributed by atoms with E-state index < -0.39 is 37.0 Å². The van der Waals surface area contributed by atoms with Crippen molar-refractivity contribution >= 4 is 0 Å². The van der Waals surface area contributed by atoms with Crippen molar-refractivity contribution in [1.29, 1.82) is 0 Å². The van der Waals surface area contributed by atoms with Gasteiger partial charge >= 0.3 is 0 Å². The molecule has 0 radical (unpaired) electrons. The molecular formula is C19H24O6. The van der Waals surface area contributed by atoms with Gasteiger partial charge in [0.1, 0.15) is 24.4 Å². The highest BCUT2D eigenvalue weighted by molar-refractivity contribution is 5.16. The van der Waals surface area contributed by atoms with Gasteiger partial charge in [0.25, 0.3) is 0 Å². The second-order valence-corrected chi connectivity index (χ2v) is 5.91. The van der Waals surface area contributed by atoms with Crippen molar-refractivity contribution in [3.8, 4) is 0 Å².